The van der Waals surface area contributed by atoms with Gasteiger partial charge in [-0.25, -0.2) is 14.2 Å². The summed E-state index contributed by atoms with van der Waals surface area (Å²) in [7, 11) is 1.65. The number of hydrogen-bond donors (Lipinski definition) is 1. The number of ether oxygens (including phenoxy) is 1. The molecule has 2 heterocycles. The number of methoxy groups -OCH3 is 1. The summed E-state index contributed by atoms with van der Waals surface area (Å²) in [5.41, 5.74) is 3.75. The summed E-state index contributed by atoms with van der Waals surface area (Å²) in [6, 6.07) is 18.9. The molecule has 1 fully saturated rings. The van der Waals surface area contributed by atoms with E-state index in [1.165, 1.54) is 12.1 Å². The molecule has 1 aliphatic heterocycles. The molecule has 1 saturated heterocycles. The summed E-state index contributed by atoms with van der Waals surface area (Å²) in [6.45, 7) is 0.580. The molecule has 1 aliphatic rings. The number of nitrogens with zero attached hydrogens (tertiary/aromatic N) is 2. The van der Waals surface area contributed by atoms with Gasteiger partial charge in [-0.2, -0.15) is 0 Å². The predicted molar refractivity (Wildman–Crippen MR) is 120 cm³/mol. The van der Waals surface area contributed by atoms with Crippen LogP contribution in [0.2, 0.25) is 0 Å². The fraction of sp³-hybridized carbons (Fsp3) is 0.200. The first-order valence-corrected chi connectivity index (χ1v) is 10.5. The Kier molecular flexibility index (Phi) is 5.23. The highest BCUT2D eigenvalue weighted by molar-refractivity contribution is 5.90. The standard InChI is InChI=1S/C25H22FN3O3/c1-31-22-10-3-2-8-19(22)16-11-12-23-20(14-16)28-24(32-23)21-9-5-13-29(21)25(30)27-18-7-4-6-17(26)15-18/h2-4,6-8,10-12,14-15,21H,5,9,13H2,1H3,(H,27,30)/t21-/m1/s1. The Morgan fingerprint density at radius 1 is 1.16 bits per heavy atom. The third-order valence-corrected chi connectivity index (χ3v) is 5.70. The minimum atomic E-state index is -0.398. The van der Waals surface area contributed by atoms with Gasteiger partial charge in [-0.1, -0.05) is 30.3 Å². The maximum atomic E-state index is 13.5. The molecule has 0 spiro atoms. The van der Waals surface area contributed by atoms with Gasteiger partial charge in [0.25, 0.3) is 0 Å². The first-order chi connectivity index (χ1) is 15.6. The molecule has 1 aromatic heterocycles. The lowest BCUT2D eigenvalue weighted by atomic mass is 10.0. The van der Waals surface area contributed by atoms with Crippen LogP contribution in [0.4, 0.5) is 14.9 Å². The lowest BCUT2D eigenvalue weighted by Gasteiger charge is -2.22. The number of para-hydroxylation sites is 1. The van der Waals surface area contributed by atoms with E-state index in [2.05, 4.69) is 5.32 Å². The fourth-order valence-electron chi connectivity index (χ4n) is 4.17. The van der Waals surface area contributed by atoms with Crippen molar-refractivity contribution in [2.75, 3.05) is 19.0 Å². The maximum absolute atomic E-state index is 13.5. The Balaban J connectivity index is 1.41. The van der Waals surface area contributed by atoms with Gasteiger partial charge in [0.1, 0.15) is 23.1 Å². The van der Waals surface area contributed by atoms with Crippen LogP contribution in [0.5, 0.6) is 5.75 Å². The number of halogens is 1. The van der Waals surface area contributed by atoms with Gasteiger partial charge in [-0.15, -0.1) is 0 Å². The van der Waals surface area contributed by atoms with Crippen molar-refractivity contribution in [1.82, 2.24) is 9.88 Å². The minimum absolute atomic E-state index is 0.273. The number of carbonyl (C=O) groups excluding carboxylic acids is 1. The summed E-state index contributed by atoms with van der Waals surface area (Å²) in [4.78, 5) is 19.2. The molecule has 1 atom stereocenters. The molecule has 7 heteroatoms. The topological polar surface area (TPSA) is 67.6 Å². The molecule has 32 heavy (non-hydrogen) atoms. The van der Waals surface area contributed by atoms with Gasteiger partial charge in [0, 0.05) is 17.8 Å². The van der Waals surface area contributed by atoms with Crippen LogP contribution in [0.25, 0.3) is 22.2 Å². The number of carbonyl (C=O) groups is 1. The van der Waals surface area contributed by atoms with Crippen LogP contribution in [0.1, 0.15) is 24.8 Å². The van der Waals surface area contributed by atoms with Crippen LogP contribution in [0, 0.1) is 5.82 Å². The van der Waals surface area contributed by atoms with Crippen LogP contribution < -0.4 is 10.1 Å². The average Bonchev–Trinajstić information content (AvgIpc) is 3.45. The number of benzene rings is 3. The highest BCUT2D eigenvalue weighted by Crippen LogP contribution is 2.36. The molecule has 2 amide bonds. The van der Waals surface area contributed by atoms with E-state index >= 15 is 0 Å². The number of aromatic nitrogens is 1. The first kappa shape index (κ1) is 20.1. The van der Waals surface area contributed by atoms with Crippen molar-refractivity contribution < 1.29 is 18.3 Å². The number of nitrogens with one attached hydrogen (secondary N) is 1. The van der Waals surface area contributed by atoms with Crippen LogP contribution >= 0.6 is 0 Å². The van der Waals surface area contributed by atoms with Gasteiger partial charge < -0.3 is 19.4 Å². The summed E-state index contributed by atoms with van der Waals surface area (Å²) in [5.74, 6) is 0.890. The molecule has 5 rings (SSSR count). The molecule has 1 N–H and O–H groups in total. The lowest BCUT2D eigenvalue weighted by Crippen LogP contribution is -2.34. The lowest BCUT2D eigenvalue weighted by molar-refractivity contribution is 0.199. The molecule has 0 saturated carbocycles. The quantitative estimate of drug-likeness (QED) is 0.430. The molecule has 6 nitrogen and oxygen atoms in total. The number of anilines is 1. The van der Waals surface area contributed by atoms with Gasteiger partial charge in [0.2, 0.25) is 5.89 Å². The Bertz CT molecular complexity index is 1290. The third-order valence-electron chi connectivity index (χ3n) is 5.70. The number of fused-ring (bicyclic) bond motifs is 1. The van der Waals surface area contributed by atoms with Crippen molar-refractivity contribution in [3.8, 4) is 16.9 Å². The van der Waals surface area contributed by atoms with E-state index in [-0.39, 0.29) is 12.1 Å². The normalized spacial score (nSPS) is 15.8. The van der Waals surface area contributed by atoms with Crippen molar-refractivity contribution in [2.24, 2.45) is 0 Å². The van der Waals surface area contributed by atoms with E-state index in [0.29, 0.717) is 23.7 Å². The van der Waals surface area contributed by atoms with Gasteiger partial charge in [0.15, 0.2) is 5.58 Å². The second-order valence-corrected chi connectivity index (χ2v) is 7.73. The third kappa shape index (κ3) is 3.77. The highest BCUT2D eigenvalue weighted by atomic mass is 19.1. The number of amides is 2. The average molecular weight is 431 g/mol. The van der Waals surface area contributed by atoms with E-state index in [1.807, 2.05) is 42.5 Å². The van der Waals surface area contributed by atoms with Gasteiger partial charge >= 0.3 is 6.03 Å². The highest BCUT2D eigenvalue weighted by Gasteiger charge is 2.33. The number of urea groups is 1. The second kappa shape index (κ2) is 8.34. The summed E-state index contributed by atoms with van der Waals surface area (Å²) >= 11 is 0. The number of rotatable bonds is 4. The monoisotopic (exact) mass is 431 g/mol. The number of hydrogen-bond acceptors (Lipinski definition) is 4. The summed E-state index contributed by atoms with van der Waals surface area (Å²) < 4.78 is 25.0. The van der Waals surface area contributed by atoms with E-state index in [4.69, 9.17) is 14.1 Å². The van der Waals surface area contributed by atoms with Crippen LogP contribution in [-0.4, -0.2) is 29.6 Å². The van der Waals surface area contributed by atoms with E-state index < -0.39 is 5.82 Å². The predicted octanol–water partition coefficient (Wildman–Crippen LogP) is 6.01. The molecule has 0 aliphatic carbocycles. The molecule has 0 radical (unpaired) electrons. The Hall–Kier alpha value is -3.87. The molecular formula is C25H22FN3O3. The van der Waals surface area contributed by atoms with Crippen molar-refractivity contribution in [3.63, 3.8) is 0 Å². The van der Waals surface area contributed by atoms with Gasteiger partial charge in [-0.3, -0.25) is 0 Å². The largest absolute Gasteiger partial charge is 0.496 e. The minimum Gasteiger partial charge on any atom is -0.496 e. The summed E-state index contributed by atoms with van der Waals surface area (Å²) in [5, 5.41) is 2.77. The first-order valence-electron chi connectivity index (χ1n) is 10.5. The number of oxazole rings is 1. The van der Waals surface area contributed by atoms with Gasteiger partial charge in [-0.05, 0) is 54.8 Å². The Labute approximate surface area is 184 Å². The SMILES string of the molecule is COc1ccccc1-c1ccc2oc([C@H]3CCCN3C(=O)Nc3cccc(F)c3)nc2c1. The zero-order valence-corrected chi connectivity index (χ0v) is 17.5. The molecule has 0 unspecified atom stereocenters. The zero-order valence-electron chi connectivity index (χ0n) is 17.5. The van der Waals surface area contributed by atoms with Crippen molar-refractivity contribution in [2.45, 2.75) is 18.9 Å². The zero-order chi connectivity index (χ0) is 22.1. The molecule has 0 bridgehead atoms. The van der Waals surface area contributed by atoms with Gasteiger partial charge in [0.05, 0.1) is 7.11 Å². The van der Waals surface area contributed by atoms with E-state index in [9.17, 15) is 9.18 Å². The van der Waals surface area contributed by atoms with E-state index in [1.54, 1.807) is 24.1 Å². The molecule has 3 aromatic carbocycles. The smallest absolute Gasteiger partial charge is 0.322 e. The van der Waals surface area contributed by atoms with E-state index in [0.717, 1.165) is 35.2 Å². The van der Waals surface area contributed by atoms with Crippen molar-refractivity contribution in [1.29, 1.82) is 0 Å². The Morgan fingerprint density at radius 2 is 2.03 bits per heavy atom. The fourth-order valence-corrected chi connectivity index (χ4v) is 4.17. The van der Waals surface area contributed by atoms with Crippen molar-refractivity contribution >= 4 is 22.8 Å². The number of likely N-dealkylation sites (tertiary alicyclic amines) is 1. The maximum Gasteiger partial charge on any atom is 0.322 e. The summed E-state index contributed by atoms with van der Waals surface area (Å²) in [6.07, 6.45) is 1.59. The molecule has 162 valence electrons. The second-order valence-electron chi connectivity index (χ2n) is 7.73. The molecule has 4 aromatic rings. The van der Waals surface area contributed by atoms with Crippen LogP contribution in [0.3, 0.4) is 0 Å². The molecular weight excluding hydrogens is 409 g/mol. The van der Waals surface area contributed by atoms with Crippen LogP contribution in [0.15, 0.2) is 71.1 Å². The van der Waals surface area contributed by atoms with Crippen LogP contribution in [-0.2, 0) is 0 Å². The van der Waals surface area contributed by atoms with Crippen molar-refractivity contribution in [3.05, 3.63) is 78.4 Å². The Morgan fingerprint density at radius 3 is 2.88 bits per heavy atom.